The van der Waals surface area contributed by atoms with Gasteiger partial charge in [-0.2, -0.15) is 4.73 Å². The summed E-state index contributed by atoms with van der Waals surface area (Å²) in [6.07, 6.45) is 6.24. The lowest BCUT2D eigenvalue weighted by molar-refractivity contribution is -0.614. The van der Waals surface area contributed by atoms with Gasteiger partial charge >= 0.3 is 6.09 Å². The Kier molecular flexibility index (Phi) is 7.00. The lowest BCUT2D eigenvalue weighted by Gasteiger charge is -2.53. The number of ether oxygens (including phenoxy) is 1. The highest BCUT2D eigenvalue weighted by atomic mass is 16.6. The number of alkyl carbamates (subject to hydrolysis) is 1. The Morgan fingerprint density at radius 1 is 1.14 bits per heavy atom. The van der Waals surface area contributed by atoms with E-state index in [0.29, 0.717) is 23.0 Å². The summed E-state index contributed by atoms with van der Waals surface area (Å²) in [6, 6.07) is 11.8. The molecule has 1 heterocycles. The van der Waals surface area contributed by atoms with Crippen LogP contribution in [-0.4, -0.2) is 41.4 Å². The maximum absolute atomic E-state index is 13.7. The van der Waals surface area contributed by atoms with Crippen LogP contribution >= 0.6 is 0 Å². The smallest absolute Gasteiger partial charge is 0.408 e. The monoisotopic (exact) mass is 508 g/mol. The van der Waals surface area contributed by atoms with Crippen molar-refractivity contribution in [3.05, 3.63) is 71.2 Å². The molecule has 3 N–H and O–H groups in total. The van der Waals surface area contributed by atoms with E-state index in [1.165, 1.54) is 31.7 Å². The maximum Gasteiger partial charge on any atom is 0.408 e. The van der Waals surface area contributed by atoms with Gasteiger partial charge in [-0.1, -0.05) is 36.4 Å². The summed E-state index contributed by atoms with van der Waals surface area (Å²) in [5, 5.41) is 28.1. The lowest BCUT2D eigenvalue weighted by Crippen LogP contribution is -2.62. The number of carbonyl (C=O) groups is 2. The summed E-state index contributed by atoms with van der Waals surface area (Å²) < 4.78 is 14.8. The van der Waals surface area contributed by atoms with Gasteiger partial charge in [-0.3, -0.25) is 4.79 Å². The molecular weight excluding hydrogens is 470 g/mol. The van der Waals surface area contributed by atoms with Crippen molar-refractivity contribution in [2.45, 2.75) is 69.6 Å². The first-order valence-electron chi connectivity index (χ1n) is 13.9. The van der Waals surface area contributed by atoms with E-state index < -0.39 is 23.6 Å². The summed E-state index contributed by atoms with van der Waals surface area (Å²) in [6.45, 7) is 1.23. The molecule has 1 aromatic heterocycles. The van der Waals surface area contributed by atoms with Gasteiger partial charge in [0, 0.05) is 12.1 Å². The Hall–Kier alpha value is -3.13. The third-order valence-corrected chi connectivity index (χ3v) is 8.50. The Labute approximate surface area is 219 Å². The number of nitrogens with zero attached hydrogens (tertiary/aromatic N) is 1. The first-order chi connectivity index (χ1) is 18.2. The fourth-order valence-corrected chi connectivity index (χ4v) is 6.91. The van der Waals surface area contributed by atoms with Crippen molar-refractivity contribution in [2.24, 2.45) is 23.7 Å². The van der Waals surface area contributed by atoms with Gasteiger partial charge in [0.05, 0.1) is 20.4 Å². The molecule has 4 aliphatic carbocycles. The molecule has 4 aliphatic rings. The molecule has 4 fully saturated rings. The highest BCUT2D eigenvalue weighted by molar-refractivity contribution is 5.90. The minimum absolute atomic E-state index is 0.0271. The Morgan fingerprint density at radius 3 is 2.43 bits per heavy atom. The number of amides is 2. The van der Waals surface area contributed by atoms with Gasteiger partial charge in [0.25, 0.3) is 0 Å². The predicted molar refractivity (Wildman–Crippen MR) is 137 cm³/mol. The van der Waals surface area contributed by atoms with Crippen LogP contribution in [0.3, 0.4) is 0 Å². The normalized spacial score (nSPS) is 28.6. The zero-order chi connectivity index (χ0) is 26.9. The molecule has 2 aromatic rings. The highest BCUT2D eigenvalue weighted by Gasteiger charge is 2.50. The third-order valence-electron chi connectivity index (χ3n) is 8.50. The molecule has 198 valence electrons. The number of nitrogens with one attached hydrogen (secondary N) is 2. The number of aromatic nitrogens is 1. The largest absolute Gasteiger partial charge is 0.619 e. The predicted octanol–water partition coefficient (Wildman–Crippen LogP) is 2.89. The molecule has 4 saturated carbocycles. The van der Waals surface area contributed by atoms with Crippen LogP contribution in [0.15, 0.2) is 54.7 Å². The van der Waals surface area contributed by atoms with Crippen LogP contribution in [0, 0.1) is 28.9 Å². The zero-order valence-corrected chi connectivity index (χ0v) is 21.3. The Balaban J connectivity index is 1.33. The van der Waals surface area contributed by atoms with Crippen LogP contribution in [-0.2, 0) is 22.4 Å². The average Bonchev–Trinajstić information content (AvgIpc) is 2.88. The molecule has 1 unspecified atom stereocenters. The molecule has 2 amide bonds. The van der Waals surface area contributed by atoms with Crippen LogP contribution in [0.25, 0.3) is 0 Å². The van der Waals surface area contributed by atoms with E-state index in [2.05, 4.69) is 10.6 Å². The molecule has 8 heteroatoms. The second kappa shape index (κ2) is 10.7. The van der Waals surface area contributed by atoms with Gasteiger partial charge in [-0.15, -0.1) is 0 Å². The highest BCUT2D eigenvalue weighted by Crippen LogP contribution is 2.54. The Morgan fingerprint density at radius 2 is 1.81 bits per heavy atom. The molecule has 0 saturated heterocycles. The zero-order valence-electron chi connectivity index (χ0n) is 22.3. The molecular formula is C29H37N3O5. The summed E-state index contributed by atoms with van der Waals surface area (Å²) in [5.74, 6) is 1.63. The molecule has 4 bridgehead atoms. The van der Waals surface area contributed by atoms with Crippen LogP contribution < -0.4 is 15.4 Å². The van der Waals surface area contributed by atoms with E-state index in [-0.39, 0.29) is 30.9 Å². The van der Waals surface area contributed by atoms with Gasteiger partial charge in [-0.25, -0.2) is 4.79 Å². The third kappa shape index (κ3) is 5.74. The van der Waals surface area contributed by atoms with E-state index >= 15 is 0 Å². The van der Waals surface area contributed by atoms with E-state index in [0.717, 1.165) is 43.1 Å². The van der Waals surface area contributed by atoms with Crippen molar-refractivity contribution in [1.29, 1.82) is 0 Å². The van der Waals surface area contributed by atoms with Gasteiger partial charge in [0.15, 0.2) is 11.9 Å². The lowest BCUT2D eigenvalue weighted by atomic mass is 9.55. The van der Waals surface area contributed by atoms with Crippen molar-refractivity contribution < 1.29 is 25.5 Å². The molecule has 37 heavy (non-hydrogen) atoms. The number of rotatable bonds is 9. The summed E-state index contributed by atoms with van der Waals surface area (Å²) in [5.41, 5.74) is -0.587. The number of carbonyl (C=O) groups excluding carboxylic acids is 2. The molecule has 2 atom stereocenters. The molecule has 0 aliphatic heterocycles. The molecule has 6 rings (SSSR count). The van der Waals surface area contributed by atoms with Crippen molar-refractivity contribution >= 4 is 12.0 Å². The first-order valence-corrected chi connectivity index (χ1v) is 13.4. The second-order valence-electron chi connectivity index (χ2n) is 11.4. The second-order valence-corrected chi connectivity index (χ2v) is 11.4. The summed E-state index contributed by atoms with van der Waals surface area (Å²) >= 11 is 0. The minimum Gasteiger partial charge on any atom is -0.619 e. The summed E-state index contributed by atoms with van der Waals surface area (Å²) in [7, 11) is 0. The van der Waals surface area contributed by atoms with Crippen LogP contribution in [0.2, 0.25) is 0 Å². The van der Waals surface area contributed by atoms with Gasteiger partial charge in [0.2, 0.25) is 5.91 Å². The number of aliphatic hydroxyl groups is 1. The fourth-order valence-electron chi connectivity index (χ4n) is 6.91. The van der Waals surface area contributed by atoms with Crippen molar-refractivity contribution in [3.8, 4) is 0 Å². The van der Waals surface area contributed by atoms with Crippen molar-refractivity contribution in [3.63, 3.8) is 0 Å². The molecule has 0 spiro atoms. The van der Waals surface area contributed by atoms with Crippen LogP contribution in [0.5, 0.6) is 0 Å². The van der Waals surface area contributed by atoms with Gasteiger partial charge in [0.1, 0.15) is 11.6 Å². The van der Waals surface area contributed by atoms with E-state index in [4.69, 9.17) is 6.11 Å². The van der Waals surface area contributed by atoms with E-state index in [1.807, 2.05) is 30.3 Å². The van der Waals surface area contributed by atoms with Crippen LogP contribution in [0.1, 0.15) is 51.7 Å². The van der Waals surface area contributed by atoms with Crippen LogP contribution in [0.4, 0.5) is 4.79 Å². The minimum atomic E-state index is -1.59. The molecule has 0 radical (unpaired) electrons. The number of pyridine rings is 1. The van der Waals surface area contributed by atoms with Crippen molar-refractivity contribution in [1.82, 2.24) is 10.6 Å². The number of hydrogen-bond donors (Lipinski definition) is 3. The molecule has 1 aromatic carbocycles. The number of aliphatic hydroxyl groups excluding tert-OH is 1. The number of benzene rings is 1. The van der Waals surface area contributed by atoms with E-state index in [1.54, 1.807) is 0 Å². The van der Waals surface area contributed by atoms with Crippen molar-refractivity contribution in [2.75, 3.05) is 6.61 Å². The Bertz CT molecular complexity index is 1110. The fraction of sp³-hybridized carbons (Fsp3) is 0.552. The van der Waals surface area contributed by atoms with Gasteiger partial charge < -0.3 is 25.7 Å². The van der Waals surface area contributed by atoms with E-state index in [9.17, 15) is 19.9 Å². The maximum atomic E-state index is 13.7. The topological polar surface area (TPSA) is 115 Å². The molecule has 8 nitrogen and oxygen atoms in total. The standard InChI is InChI=1S/C29H37N3O5/c1-29(17-25-9-5-6-10-32(25)36,27(34)30-24(18-33)16-19-7-3-2-4-8-19)31-28(35)37-26-22-12-20-11-21(14-22)15-23(26)13-20/h2-10,20-24,26,33H,11-18H2,1H3,(H,30,34)(H,31,35)/t20?,21?,22?,23?,24?,26?,29-/m0/s1/i9D. The SMILES string of the molecule is [2H]c1ccc[n+]([O-])c1C[C@](C)(NC(=O)OC1C2CC3CC(C2)CC1C3)C(=O)NC(CO)Cc1ccccc1. The summed E-state index contributed by atoms with van der Waals surface area (Å²) in [4.78, 5) is 26.9. The number of hydrogen-bond acceptors (Lipinski definition) is 5. The average molecular weight is 509 g/mol. The first kappa shape index (κ1) is 24.2. The van der Waals surface area contributed by atoms with Gasteiger partial charge in [-0.05, 0) is 74.7 Å². The quantitative estimate of drug-likeness (QED) is 0.356.